The third-order valence-electron chi connectivity index (χ3n) is 15.4. The second-order valence-corrected chi connectivity index (χ2v) is 21.4. The topological polar surface area (TPSA) is 27.3 Å². The summed E-state index contributed by atoms with van der Waals surface area (Å²) < 4.78 is 14.8. The summed E-state index contributed by atoms with van der Waals surface area (Å²) in [4.78, 5) is 2.59. The van der Waals surface area contributed by atoms with Gasteiger partial charge in [0.05, 0.1) is 39.0 Å². The molecule has 332 valence electrons. The fourth-order valence-corrected chi connectivity index (χ4v) is 12.0. The Bertz CT molecular complexity index is 4050. The zero-order chi connectivity index (χ0) is 46.7. The molecule has 0 saturated heterocycles. The smallest absolute Gasteiger partial charge is 0.256 e. The van der Waals surface area contributed by atoms with E-state index in [-0.39, 0.29) is 17.5 Å². The Kier molecular flexibility index (Phi) is 8.18. The highest BCUT2D eigenvalue weighted by Gasteiger charge is 2.45. The molecule has 6 heteroatoms. The minimum absolute atomic E-state index is 0.00613. The number of ether oxygens (including phenoxy) is 1. The Morgan fingerprint density at radius 1 is 0.406 bits per heavy atom. The highest BCUT2D eigenvalue weighted by atomic mass is 16.5. The van der Waals surface area contributed by atoms with E-state index in [2.05, 4.69) is 249 Å². The Hall–Kier alpha value is -7.96. The first-order valence-electron chi connectivity index (χ1n) is 24.4. The maximum Gasteiger partial charge on any atom is 0.256 e. The lowest BCUT2D eigenvalue weighted by atomic mass is 9.34. The molecule has 9 aromatic carbocycles. The van der Waals surface area contributed by atoms with E-state index in [4.69, 9.17) is 4.74 Å². The molecule has 0 atom stereocenters. The summed E-state index contributed by atoms with van der Waals surface area (Å²) in [5.41, 5.74) is 18.8. The first-order valence-corrected chi connectivity index (χ1v) is 24.4. The van der Waals surface area contributed by atoms with Crippen LogP contribution in [0.3, 0.4) is 0 Å². The SMILES string of the molecule is Cn1c2ccccc2c2cc3c(c(-n4c5ccccc5c5ccccc54)c21)N(c1ccc(C(C)(C)C)cc1)c1cc(C(C)(C)C)cc2c1B3c1ccc(-n3c4ccccc4c4ccccc43)cc1O2. The zero-order valence-electron chi connectivity index (χ0n) is 40.1. The van der Waals surface area contributed by atoms with E-state index in [9.17, 15) is 0 Å². The van der Waals surface area contributed by atoms with E-state index in [0.717, 1.165) is 34.0 Å². The lowest BCUT2D eigenvalue weighted by molar-refractivity contribution is 0.483. The van der Waals surface area contributed by atoms with E-state index in [0.29, 0.717) is 0 Å². The minimum atomic E-state index is -0.174. The summed E-state index contributed by atoms with van der Waals surface area (Å²) in [5.74, 6) is 1.79. The normalized spacial score (nSPS) is 13.5. The van der Waals surface area contributed by atoms with E-state index in [1.54, 1.807) is 0 Å². The number of anilines is 3. The van der Waals surface area contributed by atoms with Gasteiger partial charge in [0.15, 0.2) is 0 Å². The Morgan fingerprint density at radius 3 is 1.45 bits per heavy atom. The third kappa shape index (κ3) is 5.60. The second-order valence-electron chi connectivity index (χ2n) is 21.4. The van der Waals surface area contributed by atoms with Crippen LogP contribution in [0.15, 0.2) is 182 Å². The van der Waals surface area contributed by atoms with Crippen LogP contribution in [0.1, 0.15) is 52.7 Å². The quantitative estimate of drug-likeness (QED) is 0.165. The summed E-state index contributed by atoms with van der Waals surface area (Å²) >= 11 is 0. The lowest BCUT2D eigenvalue weighted by Crippen LogP contribution is -2.60. The van der Waals surface area contributed by atoms with Gasteiger partial charge in [0.2, 0.25) is 0 Å². The number of hydrogen-bond acceptors (Lipinski definition) is 2. The highest BCUT2D eigenvalue weighted by molar-refractivity contribution is 6.99. The molecule has 0 spiro atoms. The first-order chi connectivity index (χ1) is 33.4. The first kappa shape index (κ1) is 40.1. The molecule has 0 fully saturated rings. The van der Waals surface area contributed by atoms with Gasteiger partial charge in [-0.05, 0) is 99.0 Å². The van der Waals surface area contributed by atoms with Gasteiger partial charge in [-0.15, -0.1) is 0 Å². The second kappa shape index (κ2) is 14.1. The lowest BCUT2D eigenvalue weighted by Gasteiger charge is -2.42. The predicted molar refractivity (Wildman–Crippen MR) is 292 cm³/mol. The molecule has 14 rings (SSSR count). The van der Waals surface area contributed by atoms with E-state index in [1.165, 1.54) is 98.8 Å². The summed E-state index contributed by atoms with van der Waals surface area (Å²) in [6, 6.07) is 68.0. The third-order valence-corrected chi connectivity index (χ3v) is 15.4. The Morgan fingerprint density at radius 2 is 0.899 bits per heavy atom. The number of para-hydroxylation sites is 5. The number of hydrogen-bond donors (Lipinski definition) is 0. The Balaban J connectivity index is 1.15. The van der Waals surface area contributed by atoms with E-state index < -0.39 is 0 Å². The standard InChI is InChI=1S/C63H51BN4O/c1-62(2,3)38-28-30-40(31-29-38)67-55-34-39(63(4,5)6)35-57-58(55)64(48-33-32-41(36-56(48)69-57)66-51-24-14-9-18-42(51)43-19-10-15-25-52(43)66)49-37-47-46-22-8-13-23-50(46)65(7)59(47)61(60(49)67)68-53-26-16-11-20-44(53)45-21-12-17-27-54(45)68/h8-37H,1-7H3. The largest absolute Gasteiger partial charge is 0.458 e. The van der Waals surface area contributed by atoms with Crippen molar-refractivity contribution in [1.82, 2.24) is 13.7 Å². The van der Waals surface area contributed by atoms with Crippen molar-refractivity contribution in [3.63, 3.8) is 0 Å². The molecule has 3 aromatic heterocycles. The molecule has 5 heterocycles. The van der Waals surface area contributed by atoms with Gasteiger partial charge in [-0.3, -0.25) is 0 Å². The van der Waals surface area contributed by atoms with Gasteiger partial charge in [0.25, 0.3) is 6.71 Å². The maximum atomic E-state index is 7.42. The van der Waals surface area contributed by atoms with Crippen molar-refractivity contribution in [3.8, 4) is 22.9 Å². The van der Waals surface area contributed by atoms with Crippen molar-refractivity contribution in [2.75, 3.05) is 4.90 Å². The zero-order valence-corrected chi connectivity index (χ0v) is 40.1. The molecule has 0 amide bonds. The van der Waals surface area contributed by atoms with Gasteiger partial charge in [-0.1, -0.05) is 157 Å². The molecule has 0 saturated carbocycles. The maximum absolute atomic E-state index is 7.42. The molecule has 5 nitrogen and oxygen atoms in total. The van der Waals surface area contributed by atoms with Crippen LogP contribution in [0.2, 0.25) is 0 Å². The molecule has 0 unspecified atom stereocenters. The summed E-state index contributed by atoms with van der Waals surface area (Å²) in [6.45, 7) is 13.7. The van der Waals surface area contributed by atoms with Crippen LogP contribution in [-0.2, 0) is 17.9 Å². The highest BCUT2D eigenvalue weighted by Crippen LogP contribution is 2.50. The van der Waals surface area contributed by atoms with Crippen molar-refractivity contribution >= 4 is 106 Å². The van der Waals surface area contributed by atoms with Crippen molar-refractivity contribution in [2.24, 2.45) is 7.05 Å². The van der Waals surface area contributed by atoms with Crippen LogP contribution in [0.5, 0.6) is 11.5 Å². The van der Waals surface area contributed by atoms with Gasteiger partial charge in [0.1, 0.15) is 11.5 Å². The van der Waals surface area contributed by atoms with Crippen LogP contribution >= 0.6 is 0 Å². The molecule has 0 bridgehead atoms. The predicted octanol–water partition coefficient (Wildman–Crippen LogP) is 14.5. The van der Waals surface area contributed by atoms with Crippen LogP contribution in [0.4, 0.5) is 17.1 Å². The van der Waals surface area contributed by atoms with Crippen molar-refractivity contribution in [1.29, 1.82) is 0 Å². The van der Waals surface area contributed by atoms with Crippen molar-refractivity contribution < 1.29 is 4.74 Å². The molecular weight excluding hydrogens is 840 g/mol. The fraction of sp³-hybridized carbons (Fsp3) is 0.143. The average molecular weight is 891 g/mol. The number of benzene rings is 9. The number of aryl methyl sites for hydroxylation is 1. The van der Waals surface area contributed by atoms with Crippen LogP contribution in [0, 0.1) is 0 Å². The fourth-order valence-electron chi connectivity index (χ4n) is 12.0. The number of fused-ring (bicyclic) bond motifs is 13. The monoisotopic (exact) mass is 890 g/mol. The molecule has 12 aromatic rings. The molecule has 0 radical (unpaired) electrons. The molecule has 2 aliphatic heterocycles. The average Bonchev–Trinajstić information content (AvgIpc) is 3.98. The number of rotatable bonds is 3. The van der Waals surface area contributed by atoms with Crippen LogP contribution < -0.4 is 26.0 Å². The summed E-state index contributed by atoms with van der Waals surface area (Å²) in [6.07, 6.45) is 0. The molecule has 0 aliphatic carbocycles. The Labute approximate surface area is 402 Å². The number of aromatic nitrogens is 3. The van der Waals surface area contributed by atoms with Gasteiger partial charge >= 0.3 is 0 Å². The van der Waals surface area contributed by atoms with Crippen molar-refractivity contribution in [3.05, 3.63) is 193 Å². The minimum Gasteiger partial charge on any atom is -0.458 e. The summed E-state index contributed by atoms with van der Waals surface area (Å²) in [5, 5.41) is 7.43. The number of nitrogens with zero attached hydrogens (tertiary/aromatic N) is 4. The van der Waals surface area contributed by atoms with Crippen LogP contribution in [-0.4, -0.2) is 20.4 Å². The van der Waals surface area contributed by atoms with Gasteiger partial charge in [-0.2, -0.15) is 0 Å². The van der Waals surface area contributed by atoms with Gasteiger partial charge < -0.3 is 23.3 Å². The molecular formula is C63H51BN4O. The van der Waals surface area contributed by atoms with Gasteiger partial charge in [-0.25, -0.2) is 0 Å². The molecule has 0 N–H and O–H groups in total. The summed E-state index contributed by atoms with van der Waals surface area (Å²) in [7, 11) is 2.25. The van der Waals surface area contributed by atoms with Crippen molar-refractivity contribution in [2.45, 2.75) is 52.4 Å². The van der Waals surface area contributed by atoms with Gasteiger partial charge in [0, 0.05) is 68.0 Å². The van der Waals surface area contributed by atoms with Crippen LogP contribution in [0.25, 0.3) is 76.8 Å². The molecule has 2 aliphatic rings. The van der Waals surface area contributed by atoms with E-state index in [1.807, 2.05) is 0 Å². The molecule has 69 heavy (non-hydrogen) atoms. The van der Waals surface area contributed by atoms with E-state index >= 15 is 0 Å².